The minimum absolute atomic E-state index is 0.106. The highest BCUT2D eigenvalue weighted by atomic mass is 16.4. The Hall–Kier alpha value is -5.52. The summed E-state index contributed by atoms with van der Waals surface area (Å²) in [5.74, 6) is -11.0. The smallest absolute Gasteiger partial charge is 0.326 e. The predicted octanol–water partition coefficient (Wildman–Crippen LogP) is 9.78. The van der Waals surface area contributed by atoms with Crippen LogP contribution < -0.4 is 16.0 Å². The fraction of sp³-hybridized carbons (Fsp3) is 0.579. The second kappa shape index (κ2) is 28.8. The lowest BCUT2D eigenvalue weighted by molar-refractivity contribution is -0.143. The van der Waals surface area contributed by atoms with E-state index in [2.05, 4.69) is 16.0 Å². The lowest BCUT2D eigenvalue weighted by Gasteiger charge is -2.30. The van der Waals surface area contributed by atoms with Gasteiger partial charge in [0, 0.05) is 56.2 Å². The quantitative estimate of drug-likeness (QED) is 0.0718. The number of carboxylic acids is 3. The van der Waals surface area contributed by atoms with Crippen LogP contribution in [0.25, 0.3) is 0 Å². The molecule has 12 nitrogen and oxygen atoms in total. The van der Waals surface area contributed by atoms with Crippen molar-refractivity contribution in [2.24, 2.45) is 53.2 Å². The molecule has 3 aromatic rings. The Labute approximate surface area is 430 Å². The molecule has 3 aliphatic carbocycles. The largest absolute Gasteiger partial charge is 0.480 e. The number of hydrogen-bond donors (Lipinski definition) is 6. The van der Waals surface area contributed by atoms with E-state index in [1.54, 1.807) is 54.6 Å². The van der Waals surface area contributed by atoms with E-state index in [0.717, 1.165) is 42.4 Å². The van der Waals surface area contributed by atoms with Crippen molar-refractivity contribution >= 4 is 35.6 Å². The van der Waals surface area contributed by atoms with Crippen LogP contribution in [0.3, 0.4) is 0 Å². The molecule has 3 amide bonds. The number of benzene rings is 3. The molecule has 3 aliphatic rings. The Bertz CT molecular complexity index is 2530. The van der Waals surface area contributed by atoms with Crippen LogP contribution in [0.5, 0.6) is 0 Å². The molecule has 12 heteroatoms. The van der Waals surface area contributed by atoms with Gasteiger partial charge in [-0.3, -0.25) is 14.4 Å². The van der Waals surface area contributed by atoms with Gasteiger partial charge in [0.2, 0.25) is 17.7 Å². The van der Waals surface area contributed by atoms with E-state index in [1.807, 2.05) is 50.2 Å². The van der Waals surface area contributed by atoms with Crippen LogP contribution in [0.1, 0.15) is 154 Å². The van der Waals surface area contributed by atoms with Crippen molar-refractivity contribution < 1.29 is 63.3 Å². The van der Waals surface area contributed by atoms with Gasteiger partial charge >= 0.3 is 17.9 Å². The van der Waals surface area contributed by atoms with Crippen LogP contribution in [-0.4, -0.2) is 69.1 Å². The standard InChI is InChI=1S/3C19H27NO3/c3*1-13(2)15-8-10-16(11-9-15)18(21)20-17(19(22)23)12-14-6-4-3-5-7-14/h3*3-7,13,15-17H,8-12H2,1-2H3,(H,20,21)(H,22,23)/t3*15?,16?,17-/m111/s1/i1D3,2D3,13D;1D3,2D3;13D. The normalized spacial score (nSPS) is 26.6. The Morgan fingerprint density at radius 3 is 0.971 bits per heavy atom. The van der Waals surface area contributed by atoms with Crippen molar-refractivity contribution in [2.45, 2.75) is 156 Å². The number of carboxylic acid groups (broad SMARTS) is 3. The second-order valence-corrected chi connectivity index (χ2v) is 18.9. The summed E-state index contributed by atoms with van der Waals surface area (Å²) >= 11 is 0. The average Bonchev–Trinajstić information content (AvgIpc) is 3.59. The maximum atomic E-state index is 12.6. The minimum Gasteiger partial charge on any atom is -0.480 e. The third kappa shape index (κ3) is 19.4. The van der Waals surface area contributed by atoms with E-state index in [0.29, 0.717) is 31.6 Å². The highest BCUT2D eigenvalue weighted by molar-refractivity contribution is 5.86. The molecule has 0 radical (unpaired) electrons. The zero-order valence-corrected chi connectivity index (χ0v) is 39.8. The maximum absolute atomic E-state index is 12.6. The van der Waals surface area contributed by atoms with Crippen molar-refractivity contribution in [3.05, 3.63) is 108 Å². The molecule has 0 saturated heterocycles. The Kier molecular flexibility index (Phi) is 16.0. The van der Waals surface area contributed by atoms with E-state index < -0.39 is 111 Å². The molecule has 3 fully saturated rings. The van der Waals surface area contributed by atoms with E-state index >= 15 is 0 Å². The lowest BCUT2D eigenvalue weighted by atomic mass is 9.76. The molecule has 3 atom stereocenters. The third-order valence-corrected chi connectivity index (χ3v) is 13.7. The first kappa shape index (κ1) is 38.3. The molecule has 0 unspecified atom stereocenters. The number of carbonyl (C=O) groups is 6. The fourth-order valence-electron chi connectivity index (χ4n) is 9.31. The first-order valence-electron chi connectivity index (χ1n) is 31.1. The topological polar surface area (TPSA) is 199 Å². The number of aliphatic carboxylic acids is 3. The highest BCUT2D eigenvalue weighted by Gasteiger charge is 2.33. The summed E-state index contributed by atoms with van der Waals surface area (Å²) in [6, 6.07) is 24.2. The van der Waals surface area contributed by atoms with Gasteiger partial charge in [0.25, 0.3) is 0 Å². The molecule has 0 spiro atoms. The molecular weight excluding hydrogens is 871 g/mol. The van der Waals surface area contributed by atoms with Crippen LogP contribution in [-0.2, 0) is 48.0 Å². The van der Waals surface area contributed by atoms with Crippen LogP contribution in [0, 0.1) is 53.2 Å². The van der Waals surface area contributed by atoms with Crippen LogP contribution in [0.15, 0.2) is 91.0 Å². The van der Waals surface area contributed by atoms with E-state index in [4.69, 9.17) is 19.2 Å². The van der Waals surface area contributed by atoms with Gasteiger partial charge < -0.3 is 31.3 Å². The molecule has 378 valence electrons. The van der Waals surface area contributed by atoms with Gasteiger partial charge in [0.05, 0.1) is 0 Å². The number of hydrogen-bond acceptors (Lipinski definition) is 6. The fourth-order valence-corrected chi connectivity index (χ4v) is 9.31. The summed E-state index contributed by atoms with van der Waals surface area (Å²) in [4.78, 5) is 72.2. The van der Waals surface area contributed by atoms with Crippen molar-refractivity contribution in [1.82, 2.24) is 16.0 Å². The molecule has 6 N–H and O–H groups in total. The van der Waals surface area contributed by atoms with Gasteiger partial charge in [0.15, 0.2) is 0 Å². The first-order valence-corrected chi connectivity index (χ1v) is 24.1. The highest BCUT2D eigenvalue weighted by Crippen LogP contribution is 2.35. The molecule has 3 aromatic carbocycles. The van der Waals surface area contributed by atoms with Gasteiger partial charge in [-0.05, 0) is 129 Å². The summed E-state index contributed by atoms with van der Waals surface area (Å²) < 4.78 is 108. The zero-order chi connectivity index (χ0) is 62.3. The molecule has 0 bridgehead atoms. The van der Waals surface area contributed by atoms with Crippen LogP contribution in [0.2, 0.25) is 0 Å². The summed E-state index contributed by atoms with van der Waals surface area (Å²) in [6.07, 6.45) is 5.70. The molecule has 3 saturated carbocycles. The second-order valence-electron chi connectivity index (χ2n) is 18.9. The SMILES string of the molecule is [2H]C(C)(C)C1CCC(C(=O)N[C@H](Cc2ccccc2)C(=O)O)CC1.[2H]C([2H])([2H])C(C1CCC(C(=O)N[C@H](Cc2ccccc2)C(=O)O)CC1)C([2H])([2H])[2H].[2H]C([2H])([2H])C([2H])(C1CCC(C(=O)N[C@H](Cc2ccccc2)C(=O)O)CC1)C([2H])([2H])[2H]. The summed E-state index contributed by atoms with van der Waals surface area (Å²) in [6.45, 7) is -7.31. The lowest BCUT2D eigenvalue weighted by Crippen LogP contribution is -2.45. The number of carbonyl (C=O) groups excluding carboxylic acids is 3. The monoisotopic (exact) mass is 966 g/mol. The number of amides is 3. The third-order valence-electron chi connectivity index (χ3n) is 13.7. The average molecular weight is 966 g/mol. The van der Waals surface area contributed by atoms with Crippen LogP contribution in [0.4, 0.5) is 0 Å². The predicted molar refractivity (Wildman–Crippen MR) is 270 cm³/mol. The molecule has 0 aromatic heterocycles. The molecule has 0 heterocycles. The van der Waals surface area contributed by atoms with Crippen molar-refractivity contribution in [1.29, 1.82) is 0 Å². The summed E-state index contributed by atoms with van der Waals surface area (Å²) in [5.41, 5.74) is 2.45. The van der Waals surface area contributed by atoms with Crippen LogP contribution >= 0.6 is 0 Å². The Morgan fingerprint density at radius 2 is 0.725 bits per heavy atom. The summed E-state index contributed by atoms with van der Waals surface area (Å²) in [7, 11) is 0. The minimum atomic E-state index is -2.98. The maximum Gasteiger partial charge on any atom is 0.326 e. The van der Waals surface area contributed by atoms with Crippen molar-refractivity contribution in [3.8, 4) is 0 Å². The van der Waals surface area contributed by atoms with E-state index in [1.165, 1.54) is 0 Å². The molecule has 69 heavy (non-hydrogen) atoms. The Morgan fingerprint density at radius 1 is 0.449 bits per heavy atom. The molecule has 6 rings (SSSR count). The van der Waals surface area contributed by atoms with Crippen molar-refractivity contribution in [2.75, 3.05) is 0 Å². The van der Waals surface area contributed by atoms with E-state index in [-0.39, 0.29) is 62.7 Å². The number of nitrogens with one attached hydrogen (secondary N) is 3. The van der Waals surface area contributed by atoms with Gasteiger partial charge in [-0.25, -0.2) is 14.4 Å². The summed E-state index contributed by atoms with van der Waals surface area (Å²) in [5, 5.41) is 36.1. The number of rotatable bonds is 18. The zero-order valence-electron chi connectivity index (χ0n) is 53.8. The van der Waals surface area contributed by atoms with Gasteiger partial charge in [-0.2, -0.15) is 0 Å². The van der Waals surface area contributed by atoms with Crippen molar-refractivity contribution in [3.63, 3.8) is 0 Å². The van der Waals surface area contributed by atoms with E-state index in [9.17, 15) is 44.1 Å². The molecular formula is C57H81N3O9. The van der Waals surface area contributed by atoms with Gasteiger partial charge in [-0.1, -0.05) is 132 Å². The Balaban J connectivity index is 0.000000269. The molecule has 0 aliphatic heterocycles. The van der Waals surface area contributed by atoms with Gasteiger partial charge in [-0.15, -0.1) is 0 Å². The first-order chi connectivity index (χ1) is 38.4. The van der Waals surface area contributed by atoms with Gasteiger partial charge in [0.1, 0.15) is 18.1 Å².